The minimum absolute atomic E-state index is 0.0507. The predicted octanol–water partition coefficient (Wildman–Crippen LogP) is 3.64. The fourth-order valence-electron chi connectivity index (χ4n) is 2.59. The van der Waals surface area contributed by atoms with Crippen LogP contribution in [0.5, 0.6) is 11.5 Å². The molecule has 2 aromatic carbocycles. The van der Waals surface area contributed by atoms with Crippen molar-refractivity contribution in [3.8, 4) is 11.5 Å². The van der Waals surface area contributed by atoms with E-state index in [1.54, 1.807) is 0 Å². The molecule has 1 unspecified atom stereocenters. The van der Waals surface area contributed by atoms with E-state index in [2.05, 4.69) is 22.8 Å². The van der Waals surface area contributed by atoms with E-state index in [0.29, 0.717) is 25.5 Å². The SMILES string of the molecule is CCOc1ccc(OCC)c(NC(C)C(=O)NCCc2ccccc2)c1. The van der Waals surface area contributed by atoms with Gasteiger partial charge in [0.2, 0.25) is 5.91 Å². The summed E-state index contributed by atoms with van der Waals surface area (Å²) in [5, 5.41) is 6.19. The summed E-state index contributed by atoms with van der Waals surface area (Å²) < 4.78 is 11.2. The Morgan fingerprint density at radius 3 is 2.46 bits per heavy atom. The highest BCUT2D eigenvalue weighted by atomic mass is 16.5. The molecule has 0 saturated heterocycles. The Hall–Kier alpha value is -2.69. The molecule has 0 heterocycles. The molecule has 140 valence electrons. The summed E-state index contributed by atoms with van der Waals surface area (Å²) in [4.78, 5) is 12.4. The van der Waals surface area contributed by atoms with E-state index in [4.69, 9.17) is 9.47 Å². The zero-order valence-electron chi connectivity index (χ0n) is 15.7. The van der Waals surface area contributed by atoms with Crippen LogP contribution in [0.4, 0.5) is 5.69 Å². The number of carbonyl (C=O) groups is 1. The summed E-state index contributed by atoms with van der Waals surface area (Å²) in [6.45, 7) is 7.45. The van der Waals surface area contributed by atoms with Crippen molar-refractivity contribution >= 4 is 11.6 Å². The van der Waals surface area contributed by atoms with Crippen LogP contribution in [0, 0.1) is 0 Å². The molecule has 26 heavy (non-hydrogen) atoms. The molecular formula is C21H28N2O3. The molecule has 0 aliphatic heterocycles. The molecule has 2 N–H and O–H groups in total. The zero-order chi connectivity index (χ0) is 18.8. The summed E-state index contributed by atoms with van der Waals surface area (Å²) in [7, 11) is 0. The van der Waals surface area contributed by atoms with E-state index in [1.807, 2.05) is 57.2 Å². The van der Waals surface area contributed by atoms with Gasteiger partial charge in [-0.2, -0.15) is 0 Å². The zero-order valence-corrected chi connectivity index (χ0v) is 15.7. The van der Waals surface area contributed by atoms with Gasteiger partial charge in [-0.1, -0.05) is 30.3 Å². The summed E-state index contributed by atoms with van der Waals surface area (Å²) in [5.41, 5.74) is 1.96. The number of benzene rings is 2. The maximum absolute atomic E-state index is 12.4. The van der Waals surface area contributed by atoms with Gasteiger partial charge in [-0.25, -0.2) is 0 Å². The molecule has 0 radical (unpaired) electrons. The minimum atomic E-state index is -0.387. The van der Waals surface area contributed by atoms with Gasteiger partial charge in [-0.3, -0.25) is 4.79 Å². The molecule has 0 aliphatic carbocycles. The molecule has 2 aromatic rings. The Morgan fingerprint density at radius 2 is 1.77 bits per heavy atom. The number of carbonyl (C=O) groups excluding carboxylic acids is 1. The molecule has 0 bridgehead atoms. The van der Waals surface area contributed by atoms with Crippen LogP contribution in [0.2, 0.25) is 0 Å². The first-order valence-corrected chi connectivity index (χ1v) is 9.11. The van der Waals surface area contributed by atoms with E-state index in [-0.39, 0.29) is 11.9 Å². The monoisotopic (exact) mass is 356 g/mol. The van der Waals surface area contributed by atoms with Crippen LogP contribution in [-0.4, -0.2) is 31.7 Å². The molecule has 0 saturated carbocycles. The lowest BCUT2D eigenvalue weighted by atomic mass is 10.1. The summed E-state index contributed by atoms with van der Waals surface area (Å²) in [5.74, 6) is 1.40. The quantitative estimate of drug-likeness (QED) is 0.682. The molecule has 0 spiro atoms. The van der Waals surface area contributed by atoms with Crippen LogP contribution in [0.3, 0.4) is 0 Å². The lowest BCUT2D eigenvalue weighted by Gasteiger charge is -2.19. The summed E-state index contributed by atoms with van der Waals surface area (Å²) in [6.07, 6.45) is 0.809. The van der Waals surface area contributed by atoms with Crippen molar-refractivity contribution in [2.75, 3.05) is 25.1 Å². The van der Waals surface area contributed by atoms with Gasteiger partial charge >= 0.3 is 0 Å². The molecule has 5 nitrogen and oxygen atoms in total. The highest BCUT2D eigenvalue weighted by Crippen LogP contribution is 2.30. The van der Waals surface area contributed by atoms with Crippen LogP contribution in [-0.2, 0) is 11.2 Å². The fraction of sp³-hybridized carbons (Fsp3) is 0.381. The third-order valence-electron chi connectivity index (χ3n) is 3.88. The van der Waals surface area contributed by atoms with Gasteiger partial charge in [0.25, 0.3) is 0 Å². The highest BCUT2D eigenvalue weighted by molar-refractivity contribution is 5.84. The van der Waals surface area contributed by atoms with E-state index < -0.39 is 0 Å². The Labute approximate surface area is 155 Å². The number of hydrogen-bond acceptors (Lipinski definition) is 4. The Morgan fingerprint density at radius 1 is 1.04 bits per heavy atom. The van der Waals surface area contributed by atoms with E-state index in [1.165, 1.54) is 5.56 Å². The number of amides is 1. The molecule has 0 fully saturated rings. The largest absolute Gasteiger partial charge is 0.494 e. The maximum Gasteiger partial charge on any atom is 0.242 e. The Bertz CT molecular complexity index is 689. The number of hydrogen-bond donors (Lipinski definition) is 2. The Kier molecular flexibility index (Phi) is 7.80. The smallest absolute Gasteiger partial charge is 0.242 e. The van der Waals surface area contributed by atoms with Gasteiger partial charge in [0.15, 0.2) is 0 Å². The van der Waals surface area contributed by atoms with Gasteiger partial charge in [0.05, 0.1) is 18.9 Å². The fourth-order valence-corrected chi connectivity index (χ4v) is 2.59. The third-order valence-corrected chi connectivity index (χ3v) is 3.88. The highest BCUT2D eigenvalue weighted by Gasteiger charge is 2.15. The van der Waals surface area contributed by atoms with Crippen LogP contribution >= 0.6 is 0 Å². The second-order valence-electron chi connectivity index (χ2n) is 5.92. The molecule has 0 aromatic heterocycles. The van der Waals surface area contributed by atoms with Crippen LogP contribution in [0.15, 0.2) is 48.5 Å². The molecule has 2 rings (SSSR count). The number of anilines is 1. The van der Waals surface area contributed by atoms with Crippen molar-refractivity contribution in [1.82, 2.24) is 5.32 Å². The van der Waals surface area contributed by atoms with Gasteiger partial charge < -0.3 is 20.1 Å². The minimum Gasteiger partial charge on any atom is -0.494 e. The second-order valence-corrected chi connectivity index (χ2v) is 5.92. The summed E-state index contributed by atoms with van der Waals surface area (Å²) in [6, 6.07) is 15.3. The molecule has 5 heteroatoms. The Balaban J connectivity index is 1.93. The average Bonchev–Trinajstić information content (AvgIpc) is 2.65. The third kappa shape index (κ3) is 5.99. The first kappa shape index (κ1) is 19.6. The van der Waals surface area contributed by atoms with Gasteiger partial charge in [0, 0.05) is 12.6 Å². The average molecular weight is 356 g/mol. The van der Waals surface area contributed by atoms with E-state index in [9.17, 15) is 4.79 Å². The van der Waals surface area contributed by atoms with Gasteiger partial charge in [0.1, 0.15) is 17.5 Å². The van der Waals surface area contributed by atoms with Crippen molar-refractivity contribution in [2.24, 2.45) is 0 Å². The van der Waals surface area contributed by atoms with Crippen LogP contribution in [0.25, 0.3) is 0 Å². The first-order valence-electron chi connectivity index (χ1n) is 9.11. The standard InChI is InChI=1S/C21H28N2O3/c1-4-25-18-11-12-20(26-5-2)19(15-18)23-16(3)21(24)22-14-13-17-9-7-6-8-10-17/h6-12,15-16,23H,4-5,13-14H2,1-3H3,(H,22,24). The van der Waals surface area contributed by atoms with E-state index >= 15 is 0 Å². The number of ether oxygens (including phenoxy) is 2. The van der Waals surface area contributed by atoms with Crippen LogP contribution < -0.4 is 20.1 Å². The van der Waals surface area contributed by atoms with Crippen molar-refractivity contribution in [2.45, 2.75) is 33.2 Å². The number of nitrogens with one attached hydrogen (secondary N) is 2. The van der Waals surface area contributed by atoms with Crippen LogP contribution in [0.1, 0.15) is 26.3 Å². The lowest BCUT2D eigenvalue weighted by Crippen LogP contribution is -2.38. The van der Waals surface area contributed by atoms with Crippen molar-refractivity contribution in [3.63, 3.8) is 0 Å². The molecular weight excluding hydrogens is 328 g/mol. The molecule has 0 aliphatic rings. The van der Waals surface area contributed by atoms with Gasteiger partial charge in [-0.15, -0.1) is 0 Å². The van der Waals surface area contributed by atoms with E-state index in [0.717, 1.165) is 17.9 Å². The molecule has 1 atom stereocenters. The normalized spacial score (nSPS) is 11.5. The predicted molar refractivity (Wildman–Crippen MR) is 105 cm³/mol. The van der Waals surface area contributed by atoms with Crippen molar-refractivity contribution in [3.05, 3.63) is 54.1 Å². The number of rotatable bonds is 10. The molecule has 1 amide bonds. The van der Waals surface area contributed by atoms with Crippen molar-refractivity contribution in [1.29, 1.82) is 0 Å². The van der Waals surface area contributed by atoms with Crippen molar-refractivity contribution < 1.29 is 14.3 Å². The lowest BCUT2D eigenvalue weighted by molar-refractivity contribution is -0.121. The summed E-state index contributed by atoms with van der Waals surface area (Å²) >= 11 is 0. The van der Waals surface area contributed by atoms with Gasteiger partial charge in [-0.05, 0) is 44.9 Å². The maximum atomic E-state index is 12.4. The first-order chi connectivity index (χ1) is 12.6. The second kappa shape index (κ2) is 10.3. The topological polar surface area (TPSA) is 59.6 Å².